The second-order valence-corrected chi connectivity index (χ2v) is 8.82. The van der Waals surface area contributed by atoms with Crippen LogP contribution in [0.15, 0.2) is 0 Å². The molecule has 3 rings (SSSR count). The lowest BCUT2D eigenvalue weighted by molar-refractivity contribution is -0.126. The third-order valence-electron chi connectivity index (χ3n) is 5.37. The fraction of sp³-hybridized carbons (Fsp3) is 0.933. The second-order valence-electron chi connectivity index (χ2n) is 6.89. The first-order valence-corrected chi connectivity index (χ1v) is 10.3. The van der Waals surface area contributed by atoms with E-state index < -0.39 is 16.1 Å². The van der Waals surface area contributed by atoms with Gasteiger partial charge in [-0.2, -0.15) is 4.31 Å². The van der Waals surface area contributed by atoms with E-state index in [-0.39, 0.29) is 11.9 Å². The van der Waals surface area contributed by atoms with Gasteiger partial charge in [-0.05, 0) is 38.6 Å². The van der Waals surface area contributed by atoms with Crippen LogP contribution in [0.2, 0.25) is 0 Å². The smallest absolute Gasteiger partial charge is 0.238 e. The average Bonchev–Trinajstić information content (AvgIpc) is 2.90. The molecule has 3 aliphatic rings. The summed E-state index contributed by atoms with van der Waals surface area (Å²) in [6.07, 6.45) is 8.22. The van der Waals surface area contributed by atoms with Crippen molar-refractivity contribution in [3.8, 4) is 0 Å². The molecule has 7 heteroatoms. The minimum absolute atomic E-state index is 0.0949. The molecule has 0 aromatic carbocycles. The van der Waals surface area contributed by atoms with Gasteiger partial charge in [0, 0.05) is 25.2 Å². The highest BCUT2D eigenvalue weighted by Gasteiger charge is 2.39. The number of carbonyl (C=O) groups excluding carboxylic acids is 1. The molecule has 0 bridgehead atoms. The van der Waals surface area contributed by atoms with Crippen LogP contribution in [-0.4, -0.2) is 67.5 Å². The first-order valence-electron chi connectivity index (χ1n) is 8.48. The molecule has 126 valence electrons. The number of rotatable bonds is 3. The molecule has 3 heterocycles. The normalized spacial score (nSPS) is 34.3. The summed E-state index contributed by atoms with van der Waals surface area (Å²) in [5, 5.41) is 3.16. The molecule has 22 heavy (non-hydrogen) atoms. The highest BCUT2D eigenvalue weighted by Crippen LogP contribution is 2.28. The van der Waals surface area contributed by atoms with Crippen LogP contribution in [0.1, 0.15) is 44.9 Å². The van der Waals surface area contributed by atoms with Crippen molar-refractivity contribution in [1.82, 2.24) is 14.5 Å². The van der Waals surface area contributed by atoms with Crippen LogP contribution in [-0.2, 0) is 14.8 Å². The zero-order valence-electron chi connectivity index (χ0n) is 13.3. The molecule has 0 saturated carbocycles. The SMILES string of the molecule is CS(=O)(=O)N1CCCC[C@@H]1C(=O)N[C@@H]1CCN2CCCC[C@@H]12. The summed E-state index contributed by atoms with van der Waals surface area (Å²) in [4.78, 5) is 15.1. The number of hydrogen-bond acceptors (Lipinski definition) is 4. The Balaban J connectivity index is 1.65. The van der Waals surface area contributed by atoms with E-state index in [0.717, 1.165) is 38.8 Å². The Kier molecular flexibility index (Phi) is 4.75. The molecule has 3 fully saturated rings. The molecule has 3 saturated heterocycles. The van der Waals surface area contributed by atoms with Gasteiger partial charge in [-0.1, -0.05) is 12.8 Å². The monoisotopic (exact) mass is 329 g/mol. The molecule has 0 aliphatic carbocycles. The van der Waals surface area contributed by atoms with Crippen molar-refractivity contribution in [3.63, 3.8) is 0 Å². The Hall–Kier alpha value is -0.660. The summed E-state index contributed by atoms with van der Waals surface area (Å²) >= 11 is 0. The van der Waals surface area contributed by atoms with E-state index in [4.69, 9.17) is 0 Å². The van der Waals surface area contributed by atoms with Gasteiger partial charge in [-0.25, -0.2) is 8.42 Å². The Bertz CT molecular complexity index is 522. The third-order valence-corrected chi connectivity index (χ3v) is 6.66. The average molecular weight is 329 g/mol. The molecule has 0 aromatic heterocycles. The highest BCUT2D eigenvalue weighted by atomic mass is 32.2. The van der Waals surface area contributed by atoms with Crippen molar-refractivity contribution in [2.75, 3.05) is 25.9 Å². The summed E-state index contributed by atoms with van der Waals surface area (Å²) in [6, 6.07) is 0.130. The van der Waals surface area contributed by atoms with Gasteiger partial charge < -0.3 is 5.32 Å². The van der Waals surface area contributed by atoms with E-state index in [1.807, 2.05) is 0 Å². The molecule has 0 unspecified atom stereocenters. The van der Waals surface area contributed by atoms with Crippen molar-refractivity contribution in [2.24, 2.45) is 0 Å². The first kappa shape index (κ1) is 16.2. The maximum atomic E-state index is 12.6. The number of nitrogens with zero attached hydrogens (tertiary/aromatic N) is 2. The van der Waals surface area contributed by atoms with Crippen LogP contribution < -0.4 is 5.32 Å². The van der Waals surface area contributed by atoms with Crippen LogP contribution in [0.4, 0.5) is 0 Å². The summed E-state index contributed by atoms with van der Waals surface area (Å²) in [5.74, 6) is -0.0949. The summed E-state index contributed by atoms with van der Waals surface area (Å²) in [5.41, 5.74) is 0. The predicted molar refractivity (Wildman–Crippen MR) is 84.9 cm³/mol. The van der Waals surface area contributed by atoms with Crippen molar-refractivity contribution in [2.45, 2.75) is 63.1 Å². The number of nitrogens with one attached hydrogen (secondary N) is 1. The fourth-order valence-electron chi connectivity index (χ4n) is 4.26. The Morgan fingerprint density at radius 1 is 1.00 bits per heavy atom. The fourth-order valence-corrected chi connectivity index (χ4v) is 5.38. The van der Waals surface area contributed by atoms with Gasteiger partial charge in [0.15, 0.2) is 0 Å². The van der Waals surface area contributed by atoms with Crippen LogP contribution in [0.5, 0.6) is 0 Å². The van der Waals surface area contributed by atoms with E-state index in [0.29, 0.717) is 19.0 Å². The first-order chi connectivity index (χ1) is 10.5. The van der Waals surface area contributed by atoms with Gasteiger partial charge in [-0.3, -0.25) is 9.69 Å². The number of hydrogen-bond donors (Lipinski definition) is 1. The van der Waals surface area contributed by atoms with Crippen molar-refractivity contribution in [1.29, 1.82) is 0 Å². The third kappa shape index (κ3) is 3.31. The van der Waals surface area contributed by atoms with Gasteiger partial charge in [0.25, 0.3) is 0 Å². The predicted octanol–water partition coefficient (Wildman–Crippen LogP) is 0.544. The van der Waals surface area contributed by atoms with Crippen LogP contribution >= 0.6 is 0 Å². The number of carbonyl (C=O) groups is 1. The number of sulfonamides is 1. The zero-order chi connectivity index (χ0) is 15.7. The minimum Gasteiger partial charge on any atom is -0.350 e. The largest absolute Gasteiger partial charge is 0.350 e. The van der Waals surface area contributed by atoms with Crippen LogP contribution in [0.3, 0.4) is 0 Å². The quantitative estimate of drug-likeness (QED) is 0.821. The number of amides is 1. The lowest BCUT2D eigenvalue weighted by Gasteiger charge is -2.36. The van der Waals surface area contributed by atoms with Crippen molar-refractivity contribution >= 4 is 15.9 Å². The molecule has 3 atom stereocenters. The maximum Gasteiger partial charge on any atom is 0.238 e. The molecule has 0 aromatic rings. The van der Waals surface area contributed by atoms with Gasteiger partial charge in [0.1, 0.15) is 6.04 Å². The Labute approximate surface area is 133 Å². The number of piperidine rings is 2. The van der Waals surface area contributed by atoms with Gasteiger partial charge in [0.05, 0.1) is 6.26 Å². The van der Waals surface area contributed by atoms with E-state index in [2.05, 4.69) is 10.2 Å². The Morgan fingerprint density at radius 2 is 1.73 bits per heavy atom. The van der Waals surface area contributed by atoms with E-state index in [1.54, 1.807) is 0 Å². The lowest BCUT2D eigenvalue weighted by Crippen LogP contribution is -2.55. The molecular weight excluding hydrogens is 302 g/mol. The zero-order valence-corrected chi connectivity index (χ0v) is 14.1. The van der Waals surface area contributed by atoms with E-state index >= 15 is 0 Å². The van der Waals surface area contributed by atoms with Gasteiger partial charge >= 0.3 is 0 Å². The maximum absolute atomic E-state index is 12.6. The number of fused-ring (bicyclic) bond motifs is 1. The molecule has 0 spiro atoms. The standard InChI is InChI=1S/C15H27N3O3S/c1-22(20,21)18-10-5-3-7-14(18)15(19)16-12-8-11-17-9-4-2-6-13(12)17/h12-14H,2-11H2,1H3,(H,16,19)/t12-,13+,14-/m1/s1. The van der Waals surface area contributed by atoms with Crippen molar-refractivity contribution in [3.05, 3.63) is 0 Å². The molecule has 0 radical (unpaired) electrons. The Morgan fingerprint density at radius 3 is 2.50 bits per heavy atom. The van der Waals surface area contributed by atoms with Crippen LogP contribution in [0.25, 0.3) is 0 Å². The summed E-state index contributed by atoms with van der Waals surface area (Å²) < 4.78 is 25.2. The second kappa shape index (κ2) is 6.45. The topological polar surface area (TPSA) is 69.7 Å². The van der Waals surface area contributed by atoms with Gasteiger partial charge in [-0.15, -0.1) is 0 Å². The van der Waals surface area contributed by atoms with E-state index in [9.17, 15) is 13.2 Å². The van der Waals surface area contributed by atoms with Crippen LogP contribution in [0, 0.1) is 0 Å². The lowest BCUT2D eigenvalue weighted by atomic mass is 9.98. The molecule has 1 amide bonds. The molecule has 1 N–H and O–H groups in total. The molecule has 3 aliphatic heterocycles. The summed E-state index contributed by atoms with van der Waals surface area (Å²) in [7, 11) is -3.31. The summed E-state index contributed by atoms with van der Waals surface area (Å²) in [6.45, 7) is 2.66. The van der Waals surface area contributed by atoms with E-state index in [1.165, 1.54) is 23.4 Å². The highest BCUT2D eigenvalue weighted by molar-refractivity contribution is 7.88. The van der Waals surface area contributed by atoms with Crippen molar-refractivity contribution < 1.29 is 13.2 Å². The molecular formula is C15H27N3O3S. The van der Waals surface area contributed by atoms with Gasteiger partial charge in [0.2, 0.25) is 15.9 Å². The molecule has 6 nitrogen and oxygen atoms in total. The minimum atomic E-state index is -3.31.